The number of nitrogens with zero attached hydrogens (tertiary/aromatic N) is 2. The lowest BCUT2D eigenvalue weighted by molar-refractivity contribution is 0.531. The lowest BCUT2D eigenvalue weighted by Gasteiger charge is -2.08. The Morgan fingerprint density at radius 1 is 1.70 bits per heavy atom. The van der Waals surface area contributed by atoms with Crippen molar-refractivity contribution in [2.24, 2.45) is 0 Å². The van der Waals surface area contributed by atoms with Crippen molar-refractivity contribution in [1.82, 2.24) is 15.1 Å². The number of hydrogen-bond donors (Lipinski definition) is 1. The molecule has 0 amide bonds. The van der Waals surface area contributed by atoms with Gasteiger partial charge in [-0.05, 0) is 6.07 Å². The van der Waals surface area contributed by atoms with Crippen molar-refractivity contribution in [3.63, 3.8) is 0 Å². The van der Waals surface area contributed by atoms with Crippen molar-refractivity contribution in [2.75, 3.05) is 12.3 Å². The van der Waals surface area contributed by atoms with E-state index in [4.69, 9.17) is 0 Å². The minimum atomic E-state index is 0.370. The van der Waals surface area contributed by atoms with E-state index in [9.17, 15) is 0 Å². The summed E-state index contributed by atoms with van der Waals surface area (Å²) in [7, 11) is 0. The molecule has 0 radical (unpaired) electrons. The number of aromatic nitrogens is 2. The third-order valence-corrected chi connectivity index (χ3v) is 2.60. The van der Waals surface area contributed by atoms with Crippen LogP contribution < -0.4 is 5.32 Å². The molecule has 1 aliphatic rings. The third-order valence-electron chi connectivity index (χ3n) is 1.46. The van der Waals surface area contributed by atoms with Crippen LogP contribution in [0.15, 0.2) is 18.5 Å². The minimum Gasteiger partial charge on any atom is -0.286 e. The maximum atomic E-state index is 4.13. The fraction of sp³-hybridized carbons (Fsp3) is 0.500. The average molecular weight is 155 g/mol. The number of thioether (sulfide) groups is 1. The zero-order valence-electron chi connectivity index (χ0n) is 5.53. The highest BCUT2D eigenvalue weighted by atomic mass is 32.2. The standard InChI is InChI=1S/C6H9N3S/c1-2-8-9(4-1)6-7-3-5-10-6/h1-2,4,6-7H,3,5H2. The van der Waals surface area contributed by atoms with Crippen LogP contribution in [0.4, 0.5) is 0 Å². The van der Waals surface area contributed by atoms with Gasteiger partial charge in [-0.1, -0.05) is 0 Å². The summed E-state index contributed by atoms with van der Waals surface area (Å²) in [5.41, 5.74) is 0.370. The Morgan fingerprint density at radius 2 is 2.70 bits per heavy atom. The van der Waals surface area contributed by atoms with Crippen molar-refractivity contribution >= 4 is 11.8 Å². The molecule has 0 spiro atoms. The minimum absolute atomic E-state index is 0.370. The van der Waals surface area contributed by atoms with Crippen molar-refractivity contribution in [3.05, 3.63) is 18.5 Å². The molecule has 1 saturated heterocycles. The second-order valence-electron chi connectivity index (χ2n) is 2.16. The second-order valence-corrected chi connectivity index (χ2v) is 3.35. The molecule has 10 heavy (non-hydrogen) atoms. The van der Waals surface area contributed by atoms with E-state index in [1.54, 1.807) is 6.20 Å². The molecule has 1 fully saturated rings. The summed E-state index contributed by atoms with van der Waals surface area (Å²) in [5, 5.41) is 7.45. The van der Waals surface area contributed by atoms with E-state index in [0.29, 0.717) is 5.50 Å². The Labute approximate surface area is 63.8 Å². The Bertz CT molecular complexity index is 191. The summed E-state index contributed by atoms with van der Waals surface area (Å²) in [5.74, 6) is 1.19. The Kier molecular flexibility index (Phi) is 1.65. The zero-order valence-corrected chi connectivity index (χ0v) is 6.34. The van der Waals surface area contributed by atoms with Gasteiger partial charge in [0.1, 0.15) is 5.50 Å². The summed E-state index contributed by atoms with van der Waals surface area (Å²) in [4.78, 5) is 0. The van der Waals surface area contributed by atoms with Crippen LogP contribution in [-0.2, 0) is 0 Å². The molecule has 1 N–H and O–H groups in total. The monoisotopic (exact) mass is 155 g/mol. The van der Waals surface area contributed by atoms with Crippen LogP contribution in [0.5, 0.6) is 0 Å². The molecular formula is C6H9N3S. The third kappa shape index (κ3) is 1.04. The van der Waals surface area contributed by atoms with Gasteiger partial charge in [0.05, 0.1) is 0 Å². The van der Waals surface area contributed by atoms with Crippen LogP contribution in [0, 0.1) is 0 Å². The van der Waals surface area contributed by atoms with E-state index in [-0.39, 0.29) is 0 Å². The first-order valence-electron chi connectivity index (χ1n) is 3.31. The molecule has 1 atom stereocenters. The molecule has 54 valence electrons. The Balaban J connectivity index is 2.12. The summed E-state index contributed by atoms with van der Waals surface area (Å²) < 4.78 is 1.94. The lowest BCUT2D eigenvalue weighted by atomic mass is 10.7. The Morgan fingerprint density at radius 3 is 3.30 bits per heavy atom. The molecule has 1 aromatic rings. The van der Waals surface area contributed by atoms with Crippen molar-refractivity contribution in [1.29, 1.82) is 0 Å². The predicted octanol–water partition coefficient (Wildman–Crippen LogP) is 0.676. The molecule has 3 nitrogen and oxygen atoms in total. The van der Waals surface area contributed by atoms with Gasteiger partial charge < -0.3 is 0 Å². The summed E-state index contributed by atoms with van der Waals surface area (Å²) >= 11 is 1.89. The number of rotatable bonds is 1. The fourth-order valence-electron chi connectivity index (χ4n) is 1.00. The molecule has 0 aliphatic carbocycles. The highest BCUT2D eigenvalue weighted by Gasteiger charge is 2.15. The molecule has 0 saturated carbocycles. The van der Waals surface area contributed by atoms with E-state index >= 15 is 0 Å². The first kappa shape index (κ1) is 6.24. The van der Waals surface area contributed by atoms with Gasteiger partial charge in [0.2, 0.25) is 0 Å². The van der Waals surface area contributed by atoms with E-state index in [0.717, 1.165) is 6.54 Å². The number of nitrogens with one attached hydrogen (secondary N) is 1. The summed E-state index contributed by atoms with van der Waals surface area (Å²) in [6.07, 6.45) is 3.79. The quantitative estimate of drug-likeness (QED) is 0.646. The molecule has 4 heteroatoms. The maximum absolute atomic E-state index is 4.13. The molecular weight excluding hydrogens is 146 g/mol. The van der Waals surface area contributed by atoms with Gasteiger partial charge in [0, 0.05) is 24.7 Å². The Hall–Kier alpha value is -0.480. The lowest BCUT2D eigenvalue weighted by Crippen LogP contribution is -2.18. The van der Waals surface area contributed by atoms with E-state index in [1.807, 2.05) is 28.7 Å². The highest BCUT2D eigenvalue weighted by Crippen LogP contribution is 2.22. The van der Waals surface area contributed by atoms with Crippen LogP contribution in [0.1, 0.15) is 5.50 Å². The molecule has 2 rings (SSSR count). The normalized spacial score (nSPS) is 25.4. The molecule has 1 aliphatic heterocycles. The molecule has 1 unspecified atom stereocenters. The largest absolute Gasteiger partial charge is 0.286 e. The molecule has 1 aromatic heterocycles. The highest BCUT2D eigenvalue weighted by molar-refractivity contribution is 7.99. The fourth-order valence-corrected chi connectivity index (χ4v) is 1.97. The predicted molar refractivity (Wildman–Crippen MR) is 41.7 cm³/mol. The van der Waals surface area contributed by atoms with Crippen LogP contribution in [0.2, 0.25) is 0 Å². The van der Waals surface area contributed by atoms with Gasteiger partial charge in [0.15, 0.2) is 0 Å². The zero-order chi connectivity index (χ0) is 6.81. The topological polar surface area (TPSA) is 29.9 Å². The van der Waals surface area contributed by atoms with Gasteiger partial charge in [-0.2, -0.15) is 5.10 Å². The summed E-state index contributed by atoms with van der Waals surface area (Å²) in [6.45, 7) is 1.09. The van der Waals surface area contributed by atoms with E-state index < -0.39 is 0 Å². The molecule has 0 aromatic carbocycles. The van der Waals surface area contributed by atoms with Gasteiger partial charge in [-0.3, -0.25) is 5.32 Å². The van der Waals surface area contributed by atoms with Crippen molar-refractivity contribution in [3.8, 4) is 0 Å². The molecule has 2 heterocycles. The van der Waals surface area contributed by atoms with E-state index in [1.165, 1.54) is 5.75 Å². The van der Waals surface area contributed by atoms with Crippen LogP contribution >= 0.6 is 11.8 Å². The van der Waals surface area contributed by atoms with Crippen LogP contribution in [0.25, 0.3) is 0 Å². The van der Waals surface area contributed by atoms with Gasteiger partial charge in [-0.15, -0.1) is 11.8 Å². The molecule has 0 bridgehead atoms. The average Bonchev–Trinajstić information content (AvgIpc) is 2.59. The second kappa shape index (κ2) is 2.64. The van der Waals surface area contributed by atoms with Crippen molar-refractivity contribution < 1.29 is 0 Å². The SMILES string of the molecule is c1cnn(C2NCCS2)c1. The number of hydrogen-bond acceptors (Lipinski definition) is 3. The first-order chi connectivity index (χ1) is 4.97. The van der Waals surface area contributed by atoms with E-state index in [2.05, 4.69) is 10.4 Å². The smallest absolute Gasteiger partial charge is 0.148 e. The van der Waals surface area contributed by atoms with Crippen LogP contribution in [-0.4, -0.2) is 22.1 Å². The maximum Gasteiger partial charge on any atom is 0.148 e. The summed E-state index contributed by atoms with van der Waals surface area (Å²) in [6, 6.07) is 1.94. The van der Waals surface area contributed by atoms with Gasteiger partial charge >= 0.3 is 0 Å². The first-order valence-corrected chi connectivity index (χ1v) is 4.36. The van der Waals surface area contributed by atoms with Gasteiger partial charge in [0.25, 0.3) is 0 Å². The van der Waals surface area contributed by atoms with Crippen LogP contribution in [0.3, 0.4) is 0 Å². The van der Waals surface area contributed by atoms with Crippen molar-refractivity contribution in [2.45, 2.75) is 5.50 Å². The van der Waals surface area contributed by atoms with Gasteiger partial charge in [-0.25, -0.2) is 4.68 Å².